The number of aromatic nitrogens is 1. The maximum atomic E-state index is 12.2. The first kappa shape index (κ1) is 17.6. The van der Waals surface area contributed by atoms with Gasteiger partial charge in [0.15, 0.2) is 12.4 Å². The van der Waals surface area contributed by atoms with E-state index in [1.807, 2.05) is 13.0 Å². The number of fused-ring (bicyclic) bond motifs is 1. The maximum absolute atomic E-state index is 12.2. The summed E-state index contributed by atoms with van der Waals surface area (Å²) in [6.45, 7) is 3.47. The molecule has 7 heteroatoms. The van der Waals surface area contributed by atoms with Gasteiger partial charge in [0.1, 0.15) is 11.6 Å². The lowest BCUT2D eigenvalue weighted by Crippen LogP contribution is -2.40. The Labute approximate surface area is 151 Å². The van der Waals surface area contributed by atoms with E-state index in [9.17, 15) is 14.4 Å². The number of Topliss-reactive ketones (excluding diaryl/α,β-unsaturated/α-hetero) is 1. The van der Waals surface area contributed by atoms with Gasteiger partial charge in [-0.05, 0) is 43.7 Å². The quantitative estimate of drug-likeness (QED) is 0.834. The molecule has 1 aliphatic heterocycles. The van der Waals surface area contributed by atoms with Crippen LogP contribution in [0.4, 0.5) is 11.5 Å². The van der Waals surface area contributed by atoms with Crippen molar-refractivity contribution in [3.63, 3.8) is 0 Å². The lowest BCUT2D eigenvalue weighted by molar-refractivity contribution is -0.121. The van der Waals surface area contributed by atoms with Crippen LogP contribution >= 0.6 is 0 Å². The van der Waals surface area contributed by atoms with Gasteiger partial charge in [-0.3, -0.25) is 14.4 Å². The number of pyridine rings is 1. The Bertz CT molecular complexity index is 862. The Kier molecular flexibility index (Phi) is 4.97. The number of hydrogen-bond acceptors (Lipinski definition) is 5. The molecule has 1 aromatic carbocycles. The lowest BCUT2D eigenvalue weighted by atomic mass is 10.1. The van der Waals surface area contributed by atoms with Gasteiger partial charge in [-0.2, -0.15) is 0 Å². The number of amides is 2. The van der Waals surface area contributed by atoms with Gasteiger partial charge in [-0.15, -0.1) is 0 Å². The highest BCUT2D eigenvalue weighted by Gasteiger charge is 2.26. The Balaban J connectivity index is 1.70. The zero-order valence-corrected chi connectivity index (χ0v) is 14.6. The molecule has 2 heterocycles. The van der Waals surface area contributed by atoms with Crippen molar-refractivity contribution < 1.29 is 19.1 Å². The van der Waals surface area contributed by atoms with Crippen molar-refractivity contribution in [1.82, 2.24) is 4.98 Å². The number of anilines is 2. The topological polar surface area (TPSA) is 88.6 Å². The number of ether oxygens (including phenoxy) is 1. The molecule has 0 atom stereocenters. The van der Waals surface area contributed by atoms with E-state index in [2.05, 4.69) is 10.3 Å². The molecular formula is C19H19N3O4. The maximum Gasteiger partial charge on any atom is 0.265 e. The number of carbonyl (C=O) groups excluding carboxylic acids is 3. The van der Waals surface area contributed by atoms with Crippen LogP contribution in [0.2, 0.25) is 0 Å². The van der Waals surface area contributed by atoms with Crippen molar-refractivity contribution in [3.05, 3.63) is 47.7 Å². The predicted octanol–water partition coefficient (Wildman–Crippen LogP) is 2.35. The summed E-state index contributed by atoms with van der Waals surface area (Å²) in [7, 11) is 0. The number of ketones is 1. The highest BCUT2D eigenvalue weighted by Crippen LogP contribution is 2.33. The first-order chi connectivity index (χ1) is 12.4. The van der Waals surface area contributed by atoms with Crippen LogP contribution in [0.15, 0.2) is 36.5 Å². The zero-order chi connectivity index (χ0) is 18.7. The summed E-state index contributed by atoms with van der Waals surface area (Å²) in [5.41, 5.74) is 2.00. The number of benzene rings is 1. The van der Waals surface area contributed by atoms with E-state index in [0.717, 1.165) is 5.56 Å². The number of aryl methyl sites for hydroxylation is 1. The third-order valence-corrected chi connectivity index (χ3v) is 4.05. The van der Waals surface area contributed by atoms with Crippen molar-refractivity contribution in [3.8, 4) is 5.75 Å². The molecular weight excluding hydrogens is 334 g/mol. The minimum Gasteiger partial charge on any atom is -0.482 e. The number of nitrogens with one attached hydrogen (secondary N) is 1. The van der Waals surface area contributed by atoms with Crippen LogP contribution in [0.5, 0.6) is 5.75 Å². The van der Waals surface area contributed by atoms with Crippen molar-refractivity contribution >= 4 is 29.1 Å². The molecule has 2 aromatic rings. The van der Waals surface area contributed by atoms with Crippen LogP contribution in [0, 0.1) is 6.92 Å². The molecule has 1 aliphatic rings. The monoisotopic (exact) mass is 353 g/mol. The fraction of sp³-hybridized carbons (Fsp3) is 0.263. The van der Waals surface area contributed by atoms with Gasteiger partial charge in [0, 0.05) is 24.7 Å². The number of rotatable bonds is 5. The van der Waals surface area contributed by atoms with E-state index in [1.165, 1.54) is 11.8 Å². The van der Waals surface area contributed by atoms with Gasteiger partial charge in [0.2, 0.25) is 5.91 Å². The van der Waals surface area contributed by atoms with E-state index in [0.29, 0.717) is 22.8 Å². The SMILES string of the molecule is CC(=O)c1ccc2c(c1)N(CCC(=O)Nc1ccc(C)cn1)C(=O)CO2. The number of nitrogens with zero attached hydrogens (tertiary/aromatic N) is 2. The molecule has 3 rings (SSSR count). The number of carbonyl (C=O) groups is 3. The molecule has 0 bridgehead atoms. The molecule has 0 spiro atoms. The molecule has 134 valence electrons. The third kappa shape index (κ3) is 3.88. The highest BCUT2D eigenvalue weighted by atomic mass is 16.5. The Hall–Kier alpha value is -3.22. The summed E-state index contributed by atoms with van der Waals surface area (Å²) < 4.78 is 5.40. The molecule has 0 saturated carbocycles. The molecule has 0 fully saturated rings. The van der Waals surface area contributed by atoms with Crippen LogP contribution in [-0.2, 0) is 9.59 Å². The molecule has 1 aromatic heterocycles. The molecule has 0 saturated heterocycles. The van der Waals surface area contributed by atoms with Crippen LogP contribution in [0.1, 0.15) is 29.3 Å². The van der Waals surface area contributed by atoms with Crippen LogP contribution in [0.25, 0.3) is 0 Å². The number of hydrogen-bond donors (Lipinski definition) is 1. The van der Waals surface area contributed by atoms with Gasteiger partial charge >= 0.3 is 0 Å². The standard InChI is InChI=1S/C19H19N3O4/c1-12-3-6-17(20-10-12)21-18(24)7-8-22-15-9-14(13(2)23)4-5-16(15)26-11-19(22)25/h3-6,9-10H,7-8,11H2,1-2H3,(H,20,21,24). The van der Waals surface area contributed by atoms with Gasteiger partial charge < -0.3 is 15.0 Å². The van der Waals surface area contributed by atoms with Gasteiger partial charge in [0.25, 0.3) is 5.91 Å². The fourth-order valence-corrected chi connectivity index (χ4v) is 2.63. The summed E-state index contributed by atoms with van der Waals surface area (Å²) in [6, 6.07) is 8.52. The van der Waals surface area contributed by atoms with E-state index in [-0.39, 0.29) is 37.2 Å². The Morgan fingerprint density at radius 3 is 2.77 bits per heavy atom. The van der Waals surface area contributed by atoms with Crippen molar-refractivity contribution in [2.75, 3.05) is 23.4 Å². The molecule has 0 aliphatic carbocycles. The van der Waals surface area contributed by atoms with Crippen LogP contribution in [0.3, 0.4) is 0 Å². The van der Waals surface area contributed by atoms with E-state index in [1.54, 1.807) is 30.5 Å². The minimum absolute atomic E-state index is 0.0897. The van der Waals surface area contributed by atoms with E-state index < -0.39 is 0 Å². The largest absolute Gasteiger partial charge is 0.482 e. The second kappa shape index (κ2) is 7.35. The Morgan fingerprint density at radius 2 is 2.08 bits per heavy atom. The first-order valence-electron chi connectivity index (χ1n) is 8.24. The first-order valence-corrected chi connectivity index (χ1v) is 8.24. The Morgan fingerprint density at radius 1 is 1.27 bits per heavy atom. The van der Waals surface area contributed by atoms with Crippen molar-refractivity contribution in [2.45, 2.75) is 20.3 Å². The predicted molar refractivity (Wildman–Crippen MR) is 96.5 cm³/mol. The highest BCUT2D eigenvalue weighted by molar-refractivity contribution is 6.02. The third-order valence-electron chi connectivity index (χ3n) is 4.05. The van der Waals surface area contributed by atoms with Crippen LogP contribution in [-0.4, -0.2) is 35.7 Å². The van der Waals surface area contributed by atoms with Gasteiger partial charge in [0.05, 0.1) is 5.69 Å². The second-order valence-corrected chi connectivity index (χ2v) is 6.09. The van der Waals surface area contributed by atoms with Crippen LogP contribution < -0.4 is 15.0 Å². The zero-order valence-electron chi connectivity index (χ0n) is 14.6. The van der Waals surface area contributed by atoms with E-state index in [4.69, 9.17) is 4.74 Å². The smallest absolute Gasteiger partial charge is 0.265 e. The second-order valence-electron chi connectivity index (χ2n) is 6.09. The molecule has 2 amide bonds. The summed E-state index contributed by atoms with van der Waals surface area (Å²) in [6.07, 6.45) is 1.77. The summed E-state index contributed by atoms with van der Waals surface area (Å²) in [5.74, 6) is 0.390. The summed E-state index contributed by atoms with van der Waals surface area (Å²) in [5, 5.41) is 2.70. The van der Waals surface area contributed by atoms with Crippen molar-refractivity contribution in [1.29, 1.82) is 0 Å². The van der Waals surface area contributed by atoms with Gasteiger partial charge in [-0.25, -0.2) is 4.98 Å². The normalized spacial score (nSPS) is 13.0. The fourth-order valence-electron chi connectivity index (χ4n) is 2.63. The summed E-state index contributed by atoms with van der Waals surface area (Å²) in [4.78, 5) is 41.6. The molecule has 26 heavy (non-hydrogen) atoms. The summed E-state index contributed by atoms with van der Waals surface area (Å²) >= 11 is 0. The van der Waals surface area contributed by atoms with E-state index >= 15 is 0 Å². The average molecular weight is 353 g/mol. The lowest BCUT2D eigenvalue weighted by Gasteiger charge is -2.29. The molecule has 0 radical (unpaired) electrons. The average Bonchev–Trinajstić information content (AvgIpc) is 2.62. The van der Waals surface area contributed by atoms with Crippen molar-refractivity contribution in [2.24, 2.45) is 0 Å². The minimum atomic E-state index is -0.250. The van der Waals surface area contributed by atoms with Gasteiger partial charge in [-0.1, -0.05) is 6.07 Å². The molecule has 1 N–H and O–H groups in total. The molecule has 7 nitrogen and oxygen atoms in total. The molecule has 0 unspecified atom stereocenters.